The molecule has 0 amide bonds. The smallest absolute Gasteiger partial charge is 0.337 e. The maximum absolute atomic E-state index is 6.11. The highest BCUT2D eigenvalue weighted by Gasteiger charge is 2.34. The predicted octanol–water partition coefficient (Wildman–Crippen LogP) is 3.25. The van der Waals surface area contributed by atoms with Crippen LogP contribution >= 0.6 is 0 Å². The number of hydrogen-bond acceptors (Lipinski definition) is 3. The highest BCUT2D eigenvalue weighted by Crippen LogP contribution is 2.21. The molecule has 0 N–H and O–H groups in total. The van der Waals surface area contributed by atoms with E-state index in [9.17, 15) is 0 Å². The molecule has 0 fully saturated rings. The molecular formula is C13H31NO2Si. The van der Waals surface area contributed by atoms with Crippen LogP contribution in [-0.2, 0) is 8.85 Å². The molecule has 0 atom stereocenters. The van der Waals surface area contributed by atoms with Crippen LogP contribution in [-0.4, -0.2) is 47.3 Å². The third-order valence-electron chi connectivity index (χ3n) is 2.84. The molecule has 3 nitrogen and oxygen atoms in total. The SMILES string of the molecule is CCCO[Si](CC)(CCCN(C)C)OCCC. The van der Waals surface area contributed by atoms with Crippen LogP contribution < -0.4 is 0 Å². The lowest BCUT2D eigenvalue weighted by Crippen LogP contribution is -2.42. The normalized spacial score (nSPS) is 12.4. The first kappa shape index (κ1) is 17.1. The fraction of sp³-hybridized carbons (Fsp3) is 1.00. The molecule has 104 valence electrons. The molecule has 0 rings (SSSR count). The van der Waals surface area contributed by atoms with E-state index in [0.29, 0.717) is 0 Å². The predicted molar refractivity (Wildman–Crippen MR) is 76.7 cm³/mol. The summed E-state index contributed by atoms with van der Waals surface area (Å²) in [6.45, 7) is 9.37. The first-order valence-corrected chi connectivity index (χ1v) is 9.26. The molecule has 0 saturated carbocycles. The third kappa shape index (κ3) is 7.92. The van der Waals surface area contributed by atoms with E-state index in [2.05, 4.69) is 39.8 Å². The van der Waals surface area contributed by atoms with Crippen LogP contribution in [0.1, 0.15) is 40.0 Å². The zero-order valence-corrected chi connectivity index (χ0v) is 13.4. The Kier molecular flexibility index (Phi) is 10.1. The quantitative estimate of drug-likeness (QED) is 0.533. The molecule has 0 unspecified atom stereocenters. The maximum Gasteiger partial charge on any atom is 0.337 e. The van der Waals surface area contributed by atoms with Crippen LogP contribution in [0.4, 0.5) is 0 Å². The maximum atomic E-state index is 6.11. The van der Waals surface area contributed by atoms with Crippen LogP contribution in [0.2, 0.25) is 12.1 Å². The van der Waals surface area contributed by atoms with E-state index in [4.69, 9.17) is 8.85 Å². The molecule has 0 saturated heterocycles. The summed E-state index contributed by atoms with van der Waals surface area (Å²) in [5.41, 5.74) is 0. The van der Waals surface area contributed by atoms with Crippen molar-refractivity contribution in [1.29, 1.82) is 0 Å². The first-order chi connectivity index (χ1) is 8.10. The van der Waals surface area contributed by atoms with Gasteiger partial charge in [0.15, 0.2) is 0 Å². The van der Waals surface area contributed by atoms with Gasteiger partial charge in [-0.1, -0.05) is 20.8 Å². The third-order valence-corrected chi connectivity index (χ3v) is 6.49. The van der Waals surface area contributed by atoms with Crippen LogP contribution in [0.5, 0.6) is 0 Å². The summed E-state index contributed by atoms with van der Waals surface area (Å²) >= 11 is 0. The fourth-order valence-corrected chi connectivity index (χ4v) is 4.79. The molecule has 17 heavy (non-hydrogen) atoms. The number of rotatable bonds is 11. The average molecular weight is 261 g/mol. The molecule has 0 aromatic carbocycles. The van der Waals surface area contributed by atoms with Gasteiger partial charge in [0.25, 0.3) is 0 Å². The summed E-state index contributed by atoms with van der Waals surface area (Å²) in [6.07, 6.45) is 3.34. The Bertz CT molecular complexity index is 169. The molecule has 0 aliphatic carbocycles. The van der Waals surface area contributed by atoms with Crippen molar-refractivity contribution in [3.8, 4) is 0 Å². The van der Waals surface area contributed by atoms with E-state index in [1.54, 1.807) is 0 Å². The Balaban J connectivity index is 4.22. The molecule has 0 aliphatic heterocycles. The summed E-state index contributed by atoms with van der Waals surface area (Å²) in [7, 11) is 2.34. The van der Waals surface area contributed by atoms with Crippen LogP contribution in [0.15, 0.2) is 0 Å². The van der Waals surface area contributed by atoms with E-state index in [0.717, 1.165) is 44.7 Å². The molecule has 0 bridgehead atoms. The van der Waals surface area contributed by atoms with E-state index in [-0.39, 0.29) is 0 Å². The second-order valence-corrected chi connectivity index (χ2v) is 8.47. The second-order valence-electron chi connectivity index (χ2n) is 4.87. The molecule has 0 spiro atoms. The highest BCUT2D eigenvalue weighted by atomic mass is 28.4. The van der Waals surface area contributed by atoms with Gasteiger partial charge in [-0.25, -0.2) is 0 Å². The van der Waals surface area contributed by atoms with Crippen molar-refractivity contribution in [2.75, 3.05) is 33.9 Å². The molecule has 0 radical (unpaired) electrons. The van der Waals surface area contributed by atoms with Gasteiger partial charge in [-0.15, -0.1) is 0 Å². The van der Waals surface area contributed by atoms with E-state index in [1.807, 2.05) is 0 Å². The number of hydrogen-bond donors (Lipinski definition) is 0. The minimum absolute atomic E-state index is 0.853. The van der Waals surface area contributed by atoms with Gasteiger partial charge in [-0.05, 0) is 52.0 Å². The first-order valence-electron chi connectivity index (χ1n) is 7.02. The van der Waals surface area contributed by atoms with Gasteiger partial charge < -0.3 is 13.8 Å². The lowest BCUT2D eigenvalue weighted by molar-refractivity contribution is 0.166. The summed E-state index contributed by atoms with van der Waals surface area (Å²) in [5.74, 6) is 0. The van der Waals surface area contributed by atoms with E-state index in [1.165, 1.54) is 6.42 Å². The van der Waals surface area contributed by atoms with Crippen LogP contribution in [0.3, 0.4) is 0 Å². The Morgan fingerprint density at radius 2 is 1.47 bits per heavy atom. The fourth-order valence-electron chi connectivity index (χ4n) is 1.81. The van der Waals surface area contributed by atoms with Gasteiger partial charge in [-0.2, -0.15) is 0 Å². The minimum atomic E-state index is -1.90. The molecular weight excluding hydrogens is 230 g/mol. The minimum Gasteiger partial charge on any atom is -0.394 e. The average Bonchev–Trinajstić information content (AvgIpc) is 2.32. The summed E-state index contributed by atoms with van der Waals surface area (Å²) < 4.78 is 12.2. The summed E-state index contributed by atoms with van der Waals surface area (Å²) in [5, 5.41) is 0. The van der Waals surface area contributed by atoms with Crippen LogP contribution in [0.25, 0.3) is 0 Å². The molecule has 0 aromatic rings. The zero-order valence-electron chi connectivity index (χ0n) is 12.4. The van der Waals surface area contributed by atoms with Crippen molar-refractivity contribution in [2.24, 2.45) is 0 Å². The van der Waals surface area contributed by atoms with Crippen molar-refractivity contribution >= 4 is 8.56 Å². The van der Waals surface area contributed by atoms with Crippen molar-refractivity contribution in [1.82, 2.24) is 4.90 Å². The van der Waals surface area contributed by atoms with Crippen molar-refractivity contribution < 1.29 is 8.85 Å². The van der Waals surface area contributed by atoms with Gasteiger partial charge in [-0.3, -0.25) is 0 Å². The molecule has 0 heterocycles. The lowest BCUT2D eigenvalue weighted by atomic mass is 10.5. The number of nitrogens with zero attached hydrogens (tertiary/aromatic N) is 1. The Morgan fingerprint density at radius 3 is 1.82 bits per heavy atom. The molecule has 0 aromatic heterocycles. The lowest BCUT2D eigenvalue weighted by Gasteiger charge is -2.30. The Labute approximate surface area is 109 Å². The van der Waals surface area contributed by atoms with Crippen molar-refractivity contribution in [3.63, 3.8) is 0 Å². The van der Waals surface area contributed by atoms with Crippen LogP contribution in [0, 0.1) is 0 Å². The monoisotopic (exact) mass is 261 g/mol. The Hall–Kier alpha value is 0.0969. The zero-order chi connectivity index (χ0) is 13.1. The van der Waals surface area contributed by atoms with E-state index < -0.39 is 8.56 Å². The van der Waals surface area contributed by atoms with Crippen molar-refractivity contribution in [2.45, 2.75) is 52.1 Å². The molecule has 4 heteroatoms. The van der Waals surface area contributed by atoms with Gasteiger partial charge in [0.1, 0.15) is 0 Å². The van der Waals surface area contributed by atoms with Gasteiger partial charge >= 0.3 is 8.56 Å². The van der Waals surface area contributed by atoms with Gasteiger partial charge in [0.05, 0.1) is 0 Å². The standard InChI is InChI=1S/C13H31NO2Si/c1-6-11-15-17(8-3,16-12-7-2)13-9-10-14(4)5/h6-13H2,1-5H3. The Morgan fingerprint density at radius 1 is 0.941 bits per heavy atom. The second kappa shape index (κ2) is 10.1. The van der Waals surface area contributed by atoms with E-state index >= 15 is 0 Å². The summed E-state index contributed by atoms with van der Waals surface area (Å²) in [6, 6.07) is 2.20. The highest BCUT2D eigenvalue weighted by molar-refractivity contribution is 6.67. The van der Waals surface area contributed by atoms with Gasteiger partial charge in [0.2, 0.25) is 0 Å². The van der Waals surface area contributed by atoms with Crippen molar-refractivity contribution in [3.05, 3.63) is 0 Å². The summed E-state index contributed by atoms with van der Waals surface area (Å²) in [4.78, 5) is 2.23. The largest absolute Gasteiger partial charge is 0.394 e. The van der Waals surface area contributed by atoms with Gasteiger partial charge in [0, 0.05) is 13.2 Å². The molecule has 0 aliphatic rings. The topological polar surface area (TPSA) is 21.7 Å².